The third-order valence-corrected chi connectivity index (χ3v) is 10.8. The molecule has 65 heavy (non-hydrogen) atoms. The third-order valence-electron chi connectivity index (χ3n) is 9.79. The fourth-order valence-electron chi connectivity index (χ4n) is 5.89. The zero-order valence-electron chi connectivity index (χ0n) is 41.4. The number of amides is 1. The highest BCUT2D eigenvalue weighted by Crippen LogP contribution is 2.43. The highest BCUT2D eigenvalue weighted by atomic mass is 31.2. The summed E-state index contributed by atoms with van der Waals surface area (Å²) in [7, 11) is 1.50. The number of likely N-dealkylation sites (N-methyl/N-ethyl adjacent to an activating group) is 1. The quantitative estimate of drug-likeness (QED) is 0.0244. The molecular weight excluding hydrogens is 828 g/mol. The minimum atomic E-state index is -4.36. The van der Waals surface area contributed by atoms with E-state index in [9.17, 15) is 19.4 Å². The maximum absolute atomic E-state index is 12.8. The molecule has 3 N–H and O–H groups in total. The first kappa shape index (κ1) is 61.4. The van der Waals surface area contributed by atoms with E-state index in [4.69, 9.17) is 9.05 Å². The summed E-state index contributed by atoms with van der Waals surface area (Å²) in [6.07, 6.45) is 71.0. The fourth-order valence-corrected chi connectivity index (χ4v) is 6.63. The highest BCUT2D eigenvalue weighted by molar-refractivity contribution is 7.47. The molecule has 0 aromatic heterocycles. The van der Waals surface area contributed by atoms with Crippen molar-refractivity contribution in [2.75, 3.05) is 40.9 Å². The maximum Gasteiger partial charge on any atom is 0.472 e. The average molecular weight is 920 g/mol. The summed E-state index contributed by atoms with van der Waals surface area (Å²) >= 11 is 0. The van der Waals surface area contributed by atoms with Crippen LogP contribution in [0.25, 0.3) is 0 Å². The van der Waals surface area contributed by atoms with E-state index >= 15 is 0 Å². The average Bonchev–Trinajstić information content (AvgIpc) is 3.26. The van der Waals surface area contributed by atoms with Gasteiger partial charge in [-0.3, -0.25) is 13.8 Å². The lowest BCUT2D eigenvalue weighted by molar-refractivity contribution is -0.870. The predicted molar refractivity (Wildman–Crippen MR) is 281 cm³/mol. The van der Waals surface area contributed by atoms with Crippen LogP contribution in [0.4, 0.5) is 0 Å². The number of carbonyl (C=O) groups is 1. The molecular formula is C56H92N2O6P+. The number of hydrogen-bond donors (Lipinski definition) is 3. The second-order valence-electron chi connectivity index (χ2n) is 17.1. The van der Waals surface area contributed by atoms with Gasteiger partial charge in [-0.25, -0.2) is 4.57 Å². The Hall–Kier alpha value is -3.62. The number of allylic oxidation sites excluding steroid dienone is 23. The Kier molecular flexibility index (Phi) is 43.0. The Morgan fingerprint density at radius 3 is 1.40 bits per heavy atom. The molecule has 0 aliphatic carbocycles. The number of phosphoric acid groups is 1. The molecule has 0 saturated heterocycles. The zero-order chi connectivity index (χ0) is 47.8. The van der Waals surface area contributed by atoms with Gasteiger partial charge in [0, 0.05) is 6.42 Å². The Labute approximate surface area is 398 Å². The Morgan fingerprint density at radius 1 is 0.538 bits per heavy atom. The molecule has 0 spiro atoms. The fraction of sp³-hybridized carbons (Fsp3) is 0.554. The van der Waals surface area contributed by atoms with Gasteiger partial charge in [-0.05, 0) is 103 Å². The predicted octanol–water partition coefficient (Wildman–Crippen LogP) is 14.6. The van der Waals surface area contributed by atoms with E-state index in [0.717, 1.165) is 122 Å². The maximum atomic E-state index is 12.8. The molecule has 0 bridgehead atoms. The van der Waals surface area contributed by atoms with Gasteiger partial charge in [0.1, 0.15) is 13.2 Å². The number of aliphatic hydroxyl groups is 1. The molecule has 0 aromatic carbocycles. The molecule has 3 atom stereocenters. The summed E-state index contributed by atoms with van der Waals surface area (Å²) in [5.74, 6) is -0.224. The van der Waals surface area contributed by atoms with E-state index in [1.165, 1.54) is 6.42 Å². The number of phosphoric ester groups is 1. The van der Waals surface area contributed by atoms with Gasteiger partial charge in [-0.15, -0.1) is 0 Å². The molecule has 0 aliphatic heterocycles. The van der Waals surface area contributed by atoms with Crippen molar-refractivity contribution in [3.05, 3.63) is 146 Å². The molecule has 9 heteroatoms. The van der Waals surface area contributed by atoms with Crippen molar-refractivity contribution in [3.8, 4) is 0 Å². The lowest BCUT2D eigenvalue weighted by Gasteiger charge is -2.25. The molecule has 0 radical (unpaired) electrons. The smallest absolute Gasteiger partial charge is 0.387 e. The van der Waals surface area contributed by atoms with Crippen LogP contribution in [0.2, 0.25) is 0 Å². The largest absolute Gasteiger partial charge is 0.472 e. The summed E-state index contributed by atoms with van der Waals surface area (Å²) in [6.45, 7) is 4.54. The number of unbranched alkanes of at least 4 members (excludes halogenated alkanes) is 7. The number of nitrogens with one attached hydrogen (secondary N) is 1. The second-order valence-corrected chi connectivity index (χ2v) is 18.5. The van der Waals surface area contributed by atoms with Gasteiger partial charge in [-0.2, -0.15) is 0 Å². The van der Waals surface area contributed by atoms with E-state index in [0.29, 0.717) is 17.4 Å². The normalized spacial score (nSPS) is 15.4. The summed E-state index contributed by atoms with van der Waals surface area (Å²) in [5.41, 5.74) is 0. The summed E-state index contributed by atoms with van der Waals surface area (Å²) in [5, 5.41) is 13.7. The molecule has 0 aliphatic rings. The summed E-state index contributed by atoms with van der Waals surface area (Å²) < 4.78 is 23.4. The SMILES string of the molecule is CC/C=C\C/C=C\C/C=C\C/C=C\C/C=C\C/C=C\C/C=C\C/C=C\C/C=C\C/C=C\CCCCCCC(=O)NC(COP(=O)(O)OCC[N+](C)(C)C)C(O)/C=C/CC/C=C/CCCC. The Bertz CT molecular complexity index is 1560. The van der Waals surface area contributed by atoms with E-state index < -0.39 is 20.0 Å². The minimum Gasteiger partial charge on any atom is -0.387 e. The number of rotatable bonds is 42. The van der Waals surface area contributed by atoms with Crippen molar-refractivity contribution >= 4 is 13.7 Å². The number of nitrogens with zero attached hydrogens (tertiary/aromatic N) is 1. The summed E-state index contributed by atoms with van der Waals surface area (Å²) in [4.78, 5) is 23.0. The van der Waals surface area contributed by atoms with E-state index in [-0.39, 0.29) is 19.1 Å². The first-order valence-corrected chi connectivity index (χ1v) is 26.2. The van der Waals surface area contributed by atoms with Gasteiger partial charge < -0.3 is 19.8 Å². The molecule has 366 valence electrons. The highest BCUT2D eigenvalue weighted by Gasteiger charge is 2.27. The van der Waals surface area contributed by atoms with Gasteiger partial charge in [0.05, 0.1) is 39.9 Å². The first-order valence-electron chi connectivity index (χ1n) is 24.7. The molecule has 0 aromatic rings. The van der Waals surface area contributed by atoms with Crippen molar-refractivity contribution in [1.82, 2.24) is 5.32 Å². The van der Waals surface area contributed by atoms with Crippen LogP contribution in [0.15, 0.2) is 146 Å². The van der Waals surface area contributed by atoms with E-state index in [2.05, 4.69) is 153 Å². The van der Waals surface area contributed by atoms with Crippen LogP contribution in [0.1, 0.15) is 149 Å². The topological polar surface area (TPSA) is 105 Å². The number of carbonyl (C=O) groups excluding carboxylic acids is 1. The van der Waals surface area contributed by atoms with Gasteiger partial charge in [0.15, 0.2) is 0 Å². The van der Waals surface area contributed by atoms with Crippen LogP contribution in [-0.4, -0.2) is 73.4 Å². The Balaban J connectivity index is 4.21. The molecule has 8 nitrogen and oxygen atoms in total. The lowest BCUT2D eigenvalue weighted by atomic mass is 10.1. The third kappa shape index (κ3) is 48.1. The van der Waals surface area contributed by atoms with Gasteiger partial charge in [0.25, 0.3) is 0 Å². The number of hydrogen-bond acceptors (Lipinski definition) is 5. The molecule has 0 heterocycles. The van der Waals surface area contributed by atoms with Crippen LogP contribution in [0, 0.1) is 0 Å². The van der Waals surface area contributed by atoms with Crippen molar-refractivity contribution in [3.63, 3.8) is 0 Å². The van der Waals surface area contributed by atoms with Crippen LogP contribution >= 0.6 is 7.82 Å². The van der Waals surface area contributed by atoms with E-state index in [1.807, 2.05) is 27.2 Å². The number of quaternary nitrogens is 1. The zero-order valence-corrected chi connectivity index (χ0v) is 42.3. The van der Waals surface area contributed by atoms with Crippen LogP contribution in [0.3, 0.4) is 0 Å². The molecule has 0 fully saturated rings. The van der Waals surface area contributed by atoms with Gasteiger partial charge in [0.2, 0.25) is 5.91 Å². The van der Waals surface area contributed by atoms with Crippen molar-refractivity contribution < 1.29 is 32.9 Å². The van der Waals surface area contributed by atoms with E-state index in [1.54, 1.807) is 6.08 Å². The van der Waals surface area contributed by atoms with Crippen LogP contribution < -0.4 is 5.32 Å². The monoisotopic (exact) mass is 920 g/mol. The minimum absolute atomic E-state index is 0.0416. The Morgan fingerprint density at radius 2 is 0.938 bits per heavy atom. The van der Waals surface area contributed by atoms with Crippen LogP contribution in [0.5, 0.6) is 0 Å². The second kappa shape index (κ2) is 45.5. The van der Waals surface area contributed by atoms with Crippen molar-refractivity contribution in [2.24, 2.45) is 0 Å². The summed E-state index contributed by atoms with van der Waals surface area (Å²) in [6, 6.07) is -0.885. The number of aliphatic hydroxyl groups excluding tert-OH is 1. The molecule has 1 amide bonds. The van der Waals surface area contributed by atoms with Crippen molar-refractivity contribution in [1.29, 1.82) is 0 Å². The standard InChI is InChI=1S/C56H91N2O6P/c1-6-8-10-12-14-16-17-18-19-20-21-22-23-24-25-26-27-28-29-30-31-32-33-34-35-36-37-38-39-40-41-42-44-46-48-50-56(60)57-54(53-64-65(61,62)63-52-51-58(3,4)5)55(59)49-47-45-43-15-13-11-9-7-2/h8,10,13-16,18-19,21-22,24-25,27-28,30-31,33-34,36-37,39-40,47,49,54-55,59H,6-7,9,11-12,17,20,23,26,29,32,35,38,41-46,48,50-53H2,1-5H3,(H-,57,60,61,62)/p+1/b10-8-,15-13+,16-14-,19-18-,22-21-,25-24-,28-27-,31-30-,34-33-,37-36-,40-39-,49-47+. The first-order chi connectivity index (χ1) is 31.5. The molecule has 3 unspecified atom stereocenters. The van der Waals surface area contributed by atoms with Crippen LogP contribution in [-0.2, 0) is 18.4 Å². The lowest BCUT2D eigenvalue weighted by Crippen LogP contribution is -2.45. The molecule has 0 rings (SSSR count). The molecule has 0 saturated carbocycles. The van der Waals surface area contributed by atoms with Gasteiger partial charge in [-0.1, -0.05) is 185 Å². The van der Waals surface area contributed by atoms with Crippen molar-refractivity contribution in [2.45, 2.75) is 161 Å². The van der Waals surface area contributed by atoms with Gasteiger partial charge >= 0.3 is 7.82 Å².